The summed E-state index contributed by atoms with van der Waals surface area (Å²) < 4.78 is 0. The van der Waals surface area contributed by atoms with Crippen LogP contribution in [-0.2, 0) is 5.41 Å². The van der Waals surface area contributed by atoms with Crippen LogP contribution in [0.4, 0.5) is 34.3 Å². The summed E-state index contributed by atoms with van der Waals surface area (Å²) in [5.41, 5.74) is 14.2. The fourth-order valence-corrected chi connectivity index (χ4v) is 7.84. The van der Waals surface area contributed by atoms with Gasteiger partial charge in [0, 0.05) is 45.3 Å². The van der Waals surface area contributed by atoms with Crippen LogP contribution in [0.5, 0.6) is 0 Å². The number of rotatable bonds is 7. The highest BCUT2D eigenvalue weighted by molar-refractivity contribution is 5.99. The summed E-state index contributed by atoms with van der Waals surface area (Å²) in [7, 11) is 0. The molecule has 0 saturated carbocycles. The van der Waals surface area contributed by atoms with Crippen molar-refractivity contribution in [3.63, 3.8) is 0 Å². The minimum atomic E-state index is -0.0869. The zero-order valence-electron chi connectivity index (χ0n) is 29.7. The van der Waals surface area contributed by atoms with E-state index in [0.29, 0.717) is 0 Å². The molecule has 250 valence electrons. The van der Waals surface area contributed by atoms with Gasteiger partial charge in [-0.25, -0.2) is 4.98 Å². The molecule has 1 heterocycles. The van der Waals surface area contributed by atoms with Crippen molar-refractivity contribution in [2.24, 2.45) is 0 Å². The van der Waals surface area contributed by atoms with Gasteiger partial charge in [0.1, 0.15) is 5.82 Å². The zero-order valence-corrected chi connectivity index (χ0v) is 29.7. The van der Waals surface area contributed by atoms with Crippen LogP contribution >= 0.6 is 0 Å². The summed E-state index contributed by atoms with van der Waals surface area (Å²) in [6.07, 6.45) is 2.00. The van der Waals surface area contributed by atoms with Crippen molar-refractivity contribution in [1.29, 1.82) is 0 Å². The maximum absolute atomic E-state index is 5.09. The highest BCUT2D eigenvalue weighted by atomic mass is 15.2. The number of aryl methyl sites for hydroxylation is 1. The third-order valence-corrected chi connectivity index (χ3v) is 10.6. The van der Waals surface area contributed by atoms with Crippen LogP contribution in [0.1, 0.15) is 30.5 Å². The van der Waals surface area contributed by atoms with Gasteiger partial charge in [-0.2, -0.15) is 0 Å². The van der Waals surface area contributed by atoms with Crippen molar-refractivity contribution in [2.45, 2.75) is 26.2 Å². The lowest BCUT2D eigenvalue weighted by Gasteiger charge is -2.27. The maximum Gasteiger partial charge on any atom is 0.137 e. The quantitative estimate of drug-likeness (QED) is 0.168. The average molecular weight is 670 g/mol. The number of fused-ring (bicyclic) bond motifs is 4. The topological polar surface area (TPSA) is 19.4 Å². The van der Waals surface area contributed by atoms with E-state index in [1.165, 1.54) is 38.6 Å². The van der Waals surface area contributed by atoms with Crippen molar-refractivity contribution in [3.05, 3.63) is 199 Å². The number of anilines is 6. The number of hydrogen-bond donors (Lipinski definition) is 0. The molecule has 9 rings (SSSR count). The highest BCUT2D eigenvalue weighted by Crippen LogP contribution is 2.50. The number of aromatic nitrogens is 1. The maximum atomic E-state index is 5.09. The van der Waals surface area contributed by atoms with Gasteiger partial charge in [-0.15, -0.1) is 0 Å². The lowest BCUT2D eigenvalue weighted by Crippen LogP contribution is -2.17. The lowest BCUT2D eigenvalue weighted by molar-refractivity contribution is 0.660. The third kappa shape index (κ3) is 5.43. The van der Waals surface area contributed by atoms with E-state index >= 15 is 0 Å². The summed E-state index contributed by atoms with van der Waals surface area (Å²) in [4.78, 5) is 9.70. The van der Waals surface area contributed by atoms with Crippen LogP contribution in [0.25, 0.3) is 33.0 Å². The Hall–Kier alpha value is -6.45. The van der Waals surface area contributed by atoms with Crippen molar-refractivity contribution in [1.82, 2.24) is 4.98 Å². The van der Waals surface area contributed by atoms with E-state index in [1.54, 1.807) is 0 Å². The monoisotopic (exact) mass is 669 g/mol. The van der Waals surface area contributed by atoms with Gasteiger partial charge in [0.25, 0.3) is 0 Å². The Morgan fingerprint density at radius 3 is 1.85 bits per heavy atom. The normalized spacial score (nSPS) is 12.7. The molecule has 0 unspecified atom stereocenters. The van der Waals surface area contributed by atoms with E-state index in [1.807, 2.05) is 6.20 Å². The number of hydrogen-bond acceptors (Lipinski definition) is 3. The molecule has 3 heteroatoms. The number of benzene rings is 7. The van der Waals surface area contributed by atoms with Crippen molar-refractivity contribution in [2.75, 3.05) is 9.80 Å². The summed E-state index contributed by atoms with van der Waals surface area (Å²) in [5, 5.41) is 2.44. The molecule has 0 N–H and O–H groups in total. The van der Waals surface area contributed by atoms with Gasteiger partial charge >= 0.3 is 0 Å². The summed E-state index contributed by atoms with van der Waals surface area (Å²) in [6, 6.07) is 63.2. The molecule has 7 aromatic carbocycles. The largest absolute Gasteiger partial charge is 0.310 e. The predicted octanol–water partition coefficient (Wildman–Crippen LogP) is 13.5. The Balaban J connectivity index is 1.07. The predicted molar refractivity (Wildman–Crippen MR) is 219 cm³/mol. The van der Waals surface area contributed by atoms with Gasteiger partial charge in [-0.1, -0.05) is 129 Å². The van der Waals surface area contributed by atoms with Gasteiger partial charge in [0.15, 0.2) is 0 Å². The molecule has 0 spiro atoms. The molecule has 0 atom stereocenters. The third-order valence-electron chi connectivity index (χ3n) is 10.6. The Kier molecular flexibility index (Phi) is 7.70. The Morgan fingerprint density at radius 1 is 0.462 bits per heavy atom. The second-order valence-corrected chi connectivity index (χ2v) is 14.2. The van der Waals surface area contributed by atoms with Crippen molar-refractivity contribution < 1.29 is 0 Å². The van der Waals surface area contributed by atoms with E-state index in [9.17, 15) is 0 Å². The van der Waals surface area contributed by atoms with Crippen LogP contribution in [0.2, 0.25) is 0 Å². The first-order chi connectivity index (χ1) is 25.5. The standard InChI is InChI=1S/C49H39N3/c1-34-20-25-39(26-21-34)51(47-19-11-13-36-12-7-8-16-42(36)47)40-27-22-35(23-28-40)37-24-31-48(50-33-37)52(38-14-5-4-6-15-38)41-29-30-44-43-17-9-10-18-45(43)49(2,3)46(44)32-41/h4-33H,1-3H3. The van der Waals surface area contributed by atoms with Crippen LogP contribution in [-0.4, -0.2) is 4.98 Å². The van der Waals surface area contributed by atoms with E-state index < -0.39 is 0 Å². The van der Waals surface area contributed by atoms with Gasteiger partial charge in [-0.3, -0.25) is 4.90 Å². The molecular formula is C49H39N3. The SMILES string of the molecule is Cc1ccc(N(c2ccc(-c3ccc(N(c4ccccc4)c4ccc5c(c4)C(C)(C)c4ccccc4-5)nc3)cc2)c2cccc3ccccc23)cc1. The Bertz CT molecular complexity index is 2530. The van der Waals surface area contributed by atoms with Crippen LogP contribution in [0.15, 0.2) is 182 Å². The van der Waals surface area contributed by atoms with Gasteiger partial charge in [0.05, 0.1) is 5.69 Å². The highest BCUT2D eigenvalue weighted by Gasteiger charge is 2.35. The zero-order chi connectivity index (χ0) is 35.2. The lowest BCUT2D eigenvalue weighted by atomic mass is 9.82. The molecule has 0 amide bonds. The van der Waals surface area contributed by atoms with E-state index in [-0.39, 0.29) is 5.41 Å². The van der Waals surface area contributed by atoms with Crippen LogP contribution in [0, 0.1) is 6.92 Å². The molecule has 1 aliphatic rings. The molecule has 0 fully saturated rings. The molecule has 0 aliphatic heterocycles. The van der Waals surface area contributed by atoms with Crippen LogP contribution < -0.4 is 9.80 Å². The molecule has 0 bridgehead atoms. The molecular weight excluding hydrogens is 631 g/mol. The van der Waals surface area contributed by atoms with E-state index in [4.69, 9.17) is 4.98 Å². The molecule has 0 radical (unpaired) electrons. The minimum Gasteiger partial charge on any atom is -0.310 e. The Labute approximate surface area is 306 Å². The first-order valence-electron chi connectivity index (χ1n) is 18.0. The first kappa shape index (κ1) is 31.5. The fraction of sp³-hybridized carbons (Fsp3) is 0.0816. The summed E-state index contributed by atoms with van der Waals surface area (Å²) in [6.45, 7) is 6.79. The van der Waals surface area contributed by atoms with Gasteiger partial charge in [0.2, 0.25) is 0 Å². The van der Waals surface area contributed by atoms with Crippen molar-refractivity contribution in [3.8, 4) is 22.3 Å². The molecule has 0 saturated heterocycles. The fourth-order valence-electron chi connectivity index (χ4n) is 7.84. The molecule has 8 aromatic rings. The van der Waals surface area contributed by atoms with Crippen molar-refractivity contribution >= 4 is 45.0 Å². The second kappa shape index (κ2) is 12.7. The summed E-state index contributed by atoms with van der Waals surface area (Å²) >= 11 is 0. The first-order valence-corrected chi connectivity index (χ1v) is 18.0. The van der Waals surface area contributed by atoms with Gasteiger partial charge in [-0.05, 0) is 107 Å². The smallest absolute Gasteiger partial charge is 0.137 e. The van der Waals surface area contributed by atoms with Crippen LogP contribution in [0.3, 0.4) is 0 Å². The second-order valence-electron chi connectivity index (χ2n) is 14.2. The Morgan fingerprint density at radius 2 is 1.08 bits per heavy atom. The van der Waals surface area contributed by atoms with E-state index in [2.05, 4.69) is 206 Å². The summed E-state index contributed by atoms with van der Waals surface area (Å²) in [5.74, 6) is 0.876. The average Bonchev–Trinajstić information content (AvgIpc) is 3.42. The minimum absolute atomic E-state index is 0.0869. The molecule has 3 nitrogen and oxygen atoms in total. The molecule has 1 aliphatic carbocycles. The number of pyridine rings is 1. The molecule has 52 heavy (non-hydrogen) atoms. The number of para-hydroxylation sites is 1. The number of nitrogens with zero attached hydrogens (tertiary/aromatic N) is 3. The molecule has 1 aromatic heterocycles. The van der Waals surface area contributed by atoms with E-state index in [0.717, 1.165) is 45.4 Å². The van der Waals surface area contributed by atoms with Gasteiger partial charge < -0.3 is 4.90 Å².